The molecule has 4 heteroatoms. The second-order valence-corrected chi connectivity index (χ2v) is 7.45. The Kier molecular flexibility index (Phi) is 5.92. The number of carbonyl (C=O) groups is 1. The molecule has 0 aliphatic carbocycles. The van der Waals surface area contributed by atoms with Crippen molar-refractivity contribution in [2.75, 3.05) is 13.1 Å². The third-order valence-corrected chi connectivity index (χ3v) is 5.51. The van der Waals surface area contributed by atoms with Crippen LogP contribution in [0, 0.1) is 5.92 Å². The second-order valence-electron chi connectivity index (χ2n) is 7.45. The average Bonchev–Trinajstić information content (AvgIpc) is 2.76. The quantitative estimate of drug-likeness (QED) is 0.618. The van der Waals surface area contributed by atoms with Crippen LogP contribution in [0.3, 0.4) is 0 Å². The van der Waals surface area contributed by atoms with Crippen LogP contribution in [-0.4, -0.2) is 29.1 Å². The number of hydrogen-bond donors (Lipinski definition) is 1. The van der Waals surface area contributed by atoms with Crippen molar-refractivity contribution in [3.05, 3.63) is 96.1 Å². The lowest BCUT2D eigenvalue weighted by Crippen LogP contribution is -2.39. The lowest BCUT2D eigenvalue weighted by molar-refractivity contribution is -0.143. The Balaban J connectivity index is 1.62. The number of hydrogen-bond acceptors (Lipinski definition) is 3. The molecule has 148 valence electrons. The largest absolute Gasteiger partial charge is 0.481 e. The maximum absolute atomic E-state index is 11.4. The first-order chi connectivity index (χ1) is 14.2. The number of para-hydroxylation sites is 1. The number of benzene rings is 3. The van der Waals surface area contributed by atoms with Gasteiger partial charge in [-0.2, -0.15) is 0 Å². The molecule has 0 spiro atoms. The minimum atomic E-state index is -0.681. The summed E-state index contributed by atoms with van der Waals surface area (Å²) < 4.78 is 6.04. The first kappa shape index (κ1) is 19.2. The number of aliphatic carboxylic acids is 1. The van der Waals surface area contributed by atoms with Crippen molar-refractivity contribution in [2.45, 2.75) is 18.9 Å². The Bertz CT molecular complexity index is 935. The van der Waals surface area contributed by atoms with Crippen LogP contribution >= 0.6 is 0 Å². The Morgan fingerprint density at radius 2 is 1.41 bits per heavy atom. The molecule has 29 heavy (non-hydrogen) atoms. The Labute approximate surface area is 171 Å². The van der Waals surface area contributed by atoms with Crippen molar-refractivity contribution in [3.63, 3.8) is 0 Å². The molecule has 3 aromatic rings. The Morgan fingerprint density at radius 1 is 0.828 bits per heavy atom. The highest BCUT2D eigenvalue weighted by Crippen LogP contribution is 2.34. The lowest BCUT2D eigenvalue weighted by Gasteiger charge is -2.37. The number of rotatable bonds is 6. The number of ether oxygens (including phenoxy) is 1. The standard InChI is InChI=1S/C25H25NO3/c27-25(28)20-14-16-26(17-15-20)24(19-8-3-1-4-9-19)21-10-7-13-23(18-21)29-22-11-5-2-6-12-22/h1-13,18,20,24H,14-17H2,(H,27,28). The predicted molar refractivity (Wildman–Crippen MR) is 113 cm³/mol. The number of carboxylic acid groups (broad SMARTS) is 1. The third-order valence-electron chi connectivity index (χ3n) is 5.51. The molecule has 4 nitrogen and oxygen atoms in total. The minimum Gasteiger partial charge on any atom is -0.481 e. The molecular weight excluding hydrogens is 362 g/mol. The molecule has 3 aromatic carbocycles. The van der Waals surface area contributed by atoms with Crippen molar-refractivity contribution < 1.29 is 14.6 Å². The zero-order valence-corrected chi connectivity index (χ0v) is 16.3. The monoisotopic (exact) mass is 387 g/mol. The second kappa shape index (κ2) is 8.93. The Morgan fingerprint density at radius 3 is 2.07 bits per heavy atom. The molecule has 1 unspecified atom stereocenters. The summed E-state index contributed by atoms with van der Waals surface area (Å²) in [6.45, 7) is 1.53. The minimum absolute atomic E-state index is 0.0743. The average molecular weight is 387 g/mol. The van der Waals surface area contributed by atoms with E-state index in [1.54, 1.807) is 0 Å². The van der Waals surface area contributed by atoms with E-state index in [-0.39, 0.29) is 12.0 Å². The van der Waals surface area contributed by atoms with Gasteiger partial charge in [-0.05, 0) is 61.3 Å². The lowest BCUT2D eigenvalue weighted by atomic mass is 9.91. The molecule has 1 aliphatic heterocycles. The SMILES string of the molecule is O=C(O)C1CCN(C(c2ccccc2)c2cccc(Oc3ccccc3)c2)CC1. The van der Waals surface area contributed by atoms with E-state index >= 15 is 0 Å². The molecular formula is C25H25NO3. The molecule has 0 aromatic heterocycles. The first-order valence-electron chi connectivity index (χ1n) is 10.1. The van der Waals surface area contributed by atoms with Crippen LogP contribution in [0.15, 0.2) is 84.9 Å². The van der Waals surface area contributed by atoms with Crippen molar-refractivity contribution in [2.24, 2.45) is 5.92 Å². The highest BCUT2D eigenvalue weighted by Gasteiger charge is 2.30. The van der Waals surface area contributed by atoms with Gasteiger partial charge in [0.2, 0.25) is 0 Å². The van der Waals surface area contributed by atoms with Gasteiger partial charge in [-0.3, -0.25) is 9.69 Å². The van der Waals surface area contributed by atoms with E-state index in [4.69, 9.17) is 4.74 Å². The third kappa shape index (κ3) is 4.66. The van der Waals surface area contributed by atoms with Crippen LogP contribution in [0.2, 0.25) is 0 Å². The fourth-order valence-electron chi connectivity index (χ4n) is 4.03. The van der Waals surface area contributed by atoms with Gasteiger partial charge >= 0.3 is 5.97 Å². The van der Waals surface area contributed by atoms with Gasteiger partial charge < -0.3 is 9.84 Å². The summed E-state index contributed by atoms with van der Waals surface area (Å²) in [5, 5.41) is 9.34. The fraction of sp³-hybridized carbons (Fsp3) is 0.240. The molecule has 0 saturated carbocycles. The Hall–Kier alpha value is -3.11. The summed E-state index contributed by atoms with van der Waals surface area (Å²) in [5.41, 5.74) is 2.36. The highest BCUT2D eigenvalue weighted by atomic mass is 16.5. The van der Waals surface area contributed by atoms with E-state index in [1.807, 2.05) is 48.5 Å². The number of likely N-dealkylation sites (tertiary alicyclic amines) is 1. The van der Waals surface area contributed by atoms with Gasteiger partial charge in [0, 0.05) is 0 Å². The van der Waals surface area contributed by atoms with Crippen LogP contribution in [0.1, 0.15) is 30.0 Å². The molecule has 0 radical (unpaired) electrons. The summed E-state index contributed by atoms with van der Waals surface area (Å²) in [4.78, 5) is 13.7. The summed E-state index contributed by atoms with van der Waals surface area (Å²) in [6, 6.07) is 28.4. The molecule has 1 N–H and O–H groups in total. The van der Waals surface area contributed by atoms with Crippen molar-refractivity contribution in [1.82, 2.24) is 4.90 Å². The van der Waals surface area contributed by atoms with Crippen LogP contribution < -0.4 is 4.74 Å². The van der Waals surface area contributed by atoms with Gasteiger partial charge in [0.25, 0.3) is 0 Å². The van der Waals surface area contributed by atoms with Crippen molar-refractivity contribution >= 4 is 5.97 Å². The van der Waals surface area contributed by atoms with Crippen LogP contribution in [0.25, 0.3) is 0 Å². The van der Waals surface area contributed by atoms with Crippen LogP contribution in [-0.2, 0) is 4.79 Å². The van der Waals surface area contributed by atoms with E-state index in [1.165, 1.54) is 5.56 Å². The molecule has 1 atom stereocenters. The first-order valence-corrected chi connectivity index (χ1v) is 10.1. The molecule has 1 saturated heterocycles. The predicted octanol–water partition coefficient (Wildman–Crippen LogP) is 5.36. The molecule has 0 bridgehead atoms. The van der Waals surface area contributed by atoms with Gasteiger partial charge in [-0.15, -0.1) is 0 Å². The maximum Gasteiger partial charge on any atom is 0.306 e. The van der Waals surface area contributed by atoms with Crippen LogP contribution in [0.5, 0.6) is 11.5 Å². The highest BCUT2D eigenvalue weighted by molar-refractivity contribution is 5.70. The summed E-state index contributed by atoms with van der Waals surface area (Å²) in [5.74, 6) is 0.688. The van der Waals surface area contributed by atoms with Gasteiger partial charge in [-0.25, -0.2) is 0 Å². The van der Waals surface area contributed by atoms with Gasteiger partial charge in [0.05, 0.1) is 12.0 Å². The zero-order chi connectivity index (χ0) is 20.1. The van der Waals surface area contributed by atoms with E-state index in [2.05, 4.69) is 41.3 Å². The maximum atomic E-state index is 11.4. The smallest absolute Gasteiger partial charge is 0.306 e. The van der Waals surface area contributed by atoms with Gasteiger partial charge in [0.15, 0.2) is 0 Å². The number of piperidine rings is 1. The van der Waals surface area contributed by atoms with Crippen molar-refractivity contribution in [1.29, 1.82) is 0 Å². The summed E-state index contributed by atoms with van der Waals surface area (Å²) in [6.07, 6.45) is 1.36. The molecule has 4 rings (SSSR count). The molecule has 1 aliphatic rings. The fourth-order valence-corrected chi connectivity index (χ4v) is 4.03. The molecule has 1 heterocycles. The van der Waals surface area contributed by atoms with E-state index < -0.39 is 5.97 Å². The summed E-state index contributed by atoms with van der Waals surface area (Å²) in [7, 11) is 0. The van der Waals surface area contributed by atoms with E-state index in [0.717, 1.165) is 30.2 Å². The zero-order valence-electron chi connectivity index (χ0n) is 16.3. The number of carboxylic acids is 1. The van der Waals surface area contributed by atoms with Crippen LogP contribution in [0.4, 0.5) is 0 Å². The topological polar surface area (TPSA) is 49.8 Å². The van der Waals surface area contributed by atoms with Gasteiger partial charge in [-0.1, -0.05) is 60.7 Å². The van der Waals surface area contributed by atoms with E-state index in [9.17, 15) is 9.90 Å². The number of nitrogens with zero attached hydrogens (tertiary/aromatic N) is 1. The van der Waals surface area contributed by atoms with E-state index in [0.29, 0.717) is 12.8 Å². The normalized spacial score (nSPS) is 16.3. The summed E-state index contributed by atoms with van der Waals surface area (Å²) >= 11 is 0. The van der Waals surface area contributed by atoms with Crippen molar-refractivity contribution in [3.8, 4) is 11.5 Å². The van der Waals surface area contributed by atoms with Gasteiger partial charge in [0.1, 0.15) is 11.5 Å². The molecule has 1 fully saturated rings. The molecule has 0 amide bonds.